The fourth-order valence-electron chi connectivity index (χ4n) is 0.929. The van der Waals surface area contributed by atoms with Gasteiger partial charge in [0.25, 0.3) is 0 Å². The van der Waals surface area contributed by atoms with Crippen LogP contribution in [0.3, 0.4) is 0 Å². The standard InChI is InChI=1S/C8H5ClF3I/c9-6-2-1-5(4-13)7(3-6)8(10,11)12/h1-3H,4H2. The van der Waals surface area contributed by atoms with Gasteiger partial charge in [-0.05, 0) is 17.7 Å². The van der Waals surface area contributed by atoms with Crippen molar-refractivity contribution in [2.24, 2.45) is 0 Å². The van der Waals surface area contributed by atoms with Gasteiger partial charge in [0.2, 0.25) is 0 Å². The summed E-state index contributed by atoms with van der Waals surface area (Å²) in [5.74, 6) is 0. The molecule has 1 aromatic rings. The lowest BCUT2D eigenvalue weighted by Crippen LogP contribution is -2.08. The van der Waals surface area contributed by atoms with Crippen LogP contribution in [0, 0.1) is 0 Å². The van der Waals surface area contributed by atoms with Crippen molar-refractivity contribution in [3.63, 3.8) is 0 Å². The van der Waals surface area contributed by atoms with E-state index < -0.39 is 11.7 Å². The van der Waals surface area contributed by atoms with Gasteiger partial charge < -0.3 is 0 Å². The van der Waals surface area contributed by atoms with E-state index in [1.54, 1.807) is 0 Å². The molecule has 0 amide bonds. The number of hydrogen-bond donors (Lipinski definition) is 0. The average molecular weight is 320 g/mol. The molecule has 0 radical (unpaired) electrons. The summed E-state index contributed by atoms with van der Waals surface area (Å²) in [6, 6.07) is 3.82. The van der Waals surface area contributed by atoms with Crippen LogP contribution in [-0.4, -0.2) is 0 Å². The molecule has 0 aliphatic rings. The average Bonchev–Trinajstić information content (AvgIpc) is 2.03. The molecule has 13 heavy (non-hydrogen) atoms. The molecule has 0 atom stereocenters. The predicted molar refractivity (Wildman–Crippen MR) is 54.2 cm³/mol. The summed E-state index contributed by atoms with van der Waals surface area (Å²) in [5, 5.41) is 0.112. The van der Waals surface area contributed by atoms with E-state index in [4.69, 9.17) is 11.6 Å². The van der Waals surface area contributed by atoms with Crippen molar-refractivity contribution < 1.29 is 13.2 Å². The van der Waals surface area contributed by atoms with Crippen LogP contribution in [0.2, 0.25) is 5.02 Å². The minimum Gasteiger partial charge on any atom is -0.166 e. The number of hydrogen-bond acceptors (Lipinski definition) is 0. The SMILES string of the molecule is FC(F)(F)c1cc(Cl)ccc1CI. The Balaban J connectivity index is 3.24. The highest BCUT2D eigenvalue weighted by Crippen LogP contribution is 2.34. The molecule has 0 saturated carbocycles. The van der Waals surface area contributed by atoms with Gasteiger partial charge in [-0.15, -0.1) is 0 Å². The summed E-state index contributed by atoms with van der Waals surface area (Å²) < 4.78 is 37.4. The lowest BCUT2D eigenvalue weighted by Gasteiger charge is -2.10. The molecule has 0 saturated heterocycles. The summed E-state index contributed by atoms with van der Waals surface area (Å²) in [4.78, 5) is 0. The Morgan fingerprint density at radius 3 is 2.38 bits per heavy atom. The highest BCUT2D eigenvalue weighted by atomic mass is 127. The second-order valence-corrected chi connectivity index (χ2v) is 3.63. The second-order valence-electron chi connectivity index (χ2n) is 2.43. The molecule has 0 unspecified atom stereocenters. The van der Waals surface area contributed by atoms with E-state index in [-0.39, 0.29) is 10.6 Å². The summed E-state index contributed by atoms with van der Waals surface area (Å²) in [5.41, 5.74) is -0.382. The van der Waals surface area contributed by atoms with E-state index in [1.165, 1.54) is 12.1 Å². The van der Waals surface area contributed by atoms with E-state index in [0.717, 1.165) is 6.07 Å². The number of benzene rings is 1. The minimum absolute atomic E-state index is 0.112. The highest BCUT2D eigenvalue weighted by Gasteiger charge is 2.33. The first-order valence-corrected chi connectivity index (χ1v) is 5.27. The third-order valence-corrected chi connectivity index (χ3v) is 2.58. The van der Waals surface area contributed by atoms with Gasteiger partial charge in [-0.1, -0.05) is 40.3 Å². The van der Waals surface area contributed by atoms with Gasteiger partial charge in [0.05, 0.1) is 5.56 Å². The summed E-state index contributed by atoms with van der Waals surface area (Å²) in [7, 11) is 0. The van der Waals surface area contributed by atoms with Crippen LogP contribution < -0.4 is 0 Å². The molecule has 72 valence electrons. The summed E-state index contributed by atoms with van der Waals surface area (Å²) >= 11 is 7.36. The molecule has 0 spiro atoms. The molecule has 0 heterocycles. The molecule has 0 bridgehead atoms. The molecule has 0 N–H and O–H groups in total. The molecule has 0 fully saturated rings. The normalized spacial score (nSPS) is 11.8. The summed E-state index contributed by atoms with van der Waals surface area (Å²) in [6.45, 7) is 0. The molecular weight excluding hydrogens is 315 g/mol. The third kappa shape index (κ3) is 2.74. The fourth-order valence-corrected chi connectivity index (χ4v) is 1.77. The van der Waals surface area contributed by atoms with Gasteiger partial charge in [-0.3, -0.25) is 0 Å². The van der Waals surface area contributed by atoms with Gasteiger partial charge in [0.1, 0.15) is 0 Å². The topological polar surface area (TPSA) is 0 Å². The second kappa shape index (κ2) is 4.04. The molecule has 0 aliphatic carbocycles. The van der Waals surface area contributed by atoms with Crippen molar-refractivity contribution in [2.45, 2.75) is 10.6 Å². The third-order valence-electron chi connectivity index (χ3n) is 1.52. The van der Waals surface area contributed by atoms with Crippen LogP contribution in [0.4, 0.5) is 13.2 Å². The van der Waals surface area contributed by atoms with Gasteiger partial charge in [0.15, 0.2) is 0 Å². The maximum absolute atomic E-state index is 12.4. The Hall–Kier alpha value is 0.0300. The van der Waals surface area contributed by atoms with Crippen LogP contribution in [0.25, 0.3) is 0 Å². The van der Waals surface area contributed by atoms with Crippen molar-refractivity contribution >= 4 is 34.2 Å². The molecule has 5 heteroatoms. The number of halogens is 5. The van der Waals surface area contributed by atoms with Crippen molar-refractivity contribution in [3.05, 3.63) is 34.3 Å². The van der Waals surface area contributed by atoms with Crippen LogP contribution in [0.5, 0.6) is 0 Å². The monoisotopic (exact) mass is 320 g/mol. The first kappa shape index (κ1) is 11.1. The maximum Gasteiger partial charge on any atom is 0.416 e. The zero-order chi connectivity index (χ0) is 10.1. The van der Waals surface area contributed by atoms with E-state index >= 15 is 0 Å². The number of rotatable bonds is 1. The summed E-state index contributed by atoms with van der Waals surface area (Å²) in [6.07, 6.45) is -4.31. The molecular formula is C8H5ClF3I. The number of alkyl halides is 4. The smallest absolute Gasteiger partial charge is 0.166 e. The first-order chi connectivity index (χ1) is 5.95. The first-order valence-electron chi connectivity index (χ1n) is 3.36. The van der Waals surface area contributed by atoms with E-state index in [2.05, 4.69) is 0 Å². The van der Waals surface area contributed by atoms with Crippen molar-refractivity contribution in [1.29, 1.82) is 0 Å². The molecule has 1 aromatic carbocycles. The van der Waals surface area contributed by atoms with Gasteiger partial charge in [0, 0.05) is 9.45 Å². The zero-order valence-electron chi connectivity index (χ0n) is 6.33. The van der Waals surface area contributed by atoms with Crippen LogP contribution >= 0.6 is 34.2 Å². The molecule has 0 aromatic heterocycles. The maximum atomic E-state index is 12.4. The lowest BCUT2D eigenvalue weighted by atomic mass is 10.1. The van der Waals surface area contributed by atoms with Crippen molar-refractivity contribution in [2.75, 3.05) is 0 Å². The largest absolute Gasteiger partial charge is 0.416 e. The van der Waals surface area contributed by atoms with Crippen LogP contribution in [0.1, 0.15) is 11.1 Å². The van der Waals surface area contributed by atoms with E-state index in [0.29, 0.717) is 4.43 Å². The highest BCUT2D eigenvalue weighted by molar-refractivity contribution is 14.1. The Labute approximate surface area is 92.2 Å². The molecule has 0 nitrogen and oxygen atoms in total. The van der Waals surface area contributed by atoms with Gasteiger partial charge >= 0.3 is 6.18 Å². The molecule has 0 aliphatic heterocycles. The minimum atomic E-state index is -4.31. The predicted octanol–water partition coefficient (Wildman–Crippen LogP) is 4.29. The Morgan fingerprint density at radius 2 is 1.92 bits per heavy atom. The Bertz CT molecular complexity index is 309. The fraction of sp³-hybridized carbons (Fsp3) is 0.250. The van der Waals surface area contributed by atoms with E-state index in [1.807, 2.05) is 22.6 Å². The van der Waals surface area contributed by atoms with Crippen molar-refractivity contribution in [1.82, 2.24) is 0 Å². The van der Waals surface area contributed by atoms with E-state index in [9.17, 15) is 13.2 Å². The van der Waals surface area contributed by atoms with Crippen LogP contribution in [0.15, 0.2) is 18.2 Å². The van der Waals surface area contributed by atoms with Crippen molar-refractivity contribution in [3.8, 4) is 0 Å². The van der Waals surface area contributed by atoms with Gasteiger partial charge in [-0.25, -0.2) is 0 Å². The quantitative estimate of drug-likeness (QED) is 0.535. The Morgan fingerprint density at radius 1 is 1.31 bits per heavy atom. The molecule has 1 rings (SSSR count). The Kier molecular flexibility index (Phi) is 3.45. The lowest BCUT2D eigenvalue weighted by molar-refractivity contribution is -0.138. The zero-order valence-corrected chi connectivity index (χ0v) is 9.24. The van der Waals surface area contributed by atoms with Gasteiger partial charge in [-0.2, -0.15) is 13.2 Å². The van der Waals surface area contributed by atoms with Crippen LogP contribution in [-0.2, 0) is 10.6 Å².